The van der Waals surface area contributed by atoms with Gasteiger partial charge in [0, 0.05) is 22.3 Å². The first-order valence-electron chi connectivity index (χ1n) is 7.82. The van der Waals surface area contributed by atoms with Gasteiger partial charge < -0.3 is 10.7 Å². The number of aromatic amines is 1. The molecule has 0 aliphatic heterocycles. The largest absolute Gasteiger partial charge is 0.399 e. The van der Waals surface area contributed by atoms with Crippen LogP contribution in [-0.2, 0) is 0 Å². The van der Waals surface area contributed by atoms with E-state index in [1.165, 1.54) is 12.3 Å². The lowest BCUT2D eigenvalue weighted by Gasteiger charge is -2.07. The molecule has 0 unspecified atom stereocenters. The van der Waals surface area contributed by atoms with E-state index in [9.17, 15) is 13.6 Å². The minimum Gasteiger partial charge on any atom is -0.399 e. The maximum Gasteiger partial charge on any atom is 0.259 e. The monoisotopic (exact) mass is 385 g/mol. The normalized spacial score (nSPS) is 11.2. The number of pyridine rings is 1. The van der Waals surface area contributed by atoms with E-state index in [1.54, 1.807) is 24.3 Å². The molecule has 2 aromatic heterocycles. The molecule has 0 bridgehead atoms. The highest BCUT2D eigenvalue weighted by atomic mass is 32.2. The van der Waals surface area contributed by atoms with E-state index in [0.29, 0.717) is 11.3 Å². The Morgan fingerprint density at radius 1 is 1.07 bits per heavy atom. The van der Waals surface area contributed by atoms with Gasteiger partial charge in [-0.2, -0.15) is 5.10 Å². The SMILES string of the molecule is NSc1ccc(-c2nn(-c3c(F)cc(N)cc3F)c3cc[nH]c(=O)c23)cc1. The van der Waals surface area contributed by atoms with Crippen LogP contribution in [0.4, 0.5) is 14.5 Å². The molecular weight excluding hydrogens is 372 g/mol. The number of nitrogens with one attached hydrogen (secondary N) is 1. The summed E-state index contributed by atoms with van der Waals surface area (Å²) in [6, 6.07) is 10.6. The van der Waals surface area contributed by atoms with Crippen molar-refractivity contribution in [2.24, 2.45) is 5.14 Å². The van der Waals surface area contributed by atoms with Crippen LogP contribution < -0.4 is 16.4 Å². The molecule has 9 heteroatoms. The fourth-order valence-corrected chi connectivity index (χ4v) is 3.22. The van der Waals surface area contributed by atoms with Crippen molar-refractivity contribution in [2.75, 3.05) is 5.73 Å². The maximum absolute atomic E-state index is 14.5. The molecule has 0 aliphatic carbocycles. The van der Waals surface area contributed by atoms with E-state index in [1.807, 2.05) is 0 Å². The minimum atomic E-state index is -0.876. The lowest BCUT2D eigenvalue weighted by atomic mass is 10.1. The Bertz CT molecular complexity index is 1190. The zero-order valence-electron chi connectivity index (χ0n) is 13.7. The average Bonchev–Trinajstić information content (AvgIpc) is 3.02. The van der Waals surface area contributed by atoms with Crippen LogP contribution >= 0.6 is 11.9 Å². The van der Waals surface area contributed by atoms with E-state index in [4.69, 9.17) is 10.9 Å². The molecule has 4 aromatic rings. The summed E-state index contributed by atoms with van der Waals surface area (Å²) in [5.41, 5.74) is 5.82. The molecule has 0 saturated heterocycles. The lowest BCUT2D eigenvalue weighted by molar-refractivity contribution is 0.564. The van der Waals surface area contributed by atoms with Gasteiger partial charge >= 0.3 is 0 Å². The minimum absolute atomic E-state index is 0.0434. The quantitative estimate of drug-likeness (QED) is 0.371. The third-order valence-electron chi connectivity index (χ3n) is 4.12. The van der Waals surface area contributed by atoms with Gasteiger partial charge in [-0.15, -0.1) is 0 Å². The van der Waals surface area contributed by atoms with Crippen LogP contribution in [0.2, 0.25) is 0 Å². The van der Waals surface area contributed by atoms with Crippen LogP contribution in [-0.4, -0.2) is 14.8 Å². The second kappa shape index (κ2) is 6.53. The fourth-order valence-electron chi connectivity index (χ4n) is 2.93. The van der Waals surface area contributed by atoms with Crippen LogP contribution in [0.1, 0.15) is 0 Å². The smallest absolute Gasteiger partial charge is 0.259 e. The van der Waals surface area contributed by atoms with Gasteiger partial charge in [0.25, 0.3) is 5.56 Å². The molecule has 27 heavy (non-hydrogen) atoms. The summed E-state index contributed by atoms with van der Waals surface area (Å²) >= 11 is 1.08. The summed E-state index contributed by atoms with van der Waals surface area (Å²) < 4.78 is 30.0. The van der Waals surface area contributed by atoms with E-state index in [-0.39, 0.29) is 16.6 Å². The molecule has 0 amide bonds. The summed E-state index contributed by atoms with van der Waals surface area (Å²) in [5.74, 6) is -1.75. The summed E-state index contributed by atoms with van der Waals surface area (Å²) in [6.07, 6.45) is 1.40. The number of aromatic nitrogens is 3. The van der Waals surface area contributed by atoms with E-state index < -0.39 is 22.9 Å². The maximum atomic E-state index is 14.5. The summed E-state index contributed by atoms with van der Waals surface area (Å²) in [6.45, 7) is 0. The predicted molar refractivity (Wildman–Crippen MR) is 101 cm³/mol. The van der Waals surface area contributed by atoms with Gasteiger partial charge in [-0.3, -0.25) is 9.93 Å². The Morgan fingerprint density at radius 2 is 1.74 bits per heavy atom. The number of hydrogen-bond donors (Lipinski definition) is 3. The fraction of sp³-hybridized carbons (Fsp3) is 0. The number of fused-ring (bicyclic) bond motifs is 1. The molecule has 0 fully saturated rings. The Hall–Kier alpha value is -3.17. The first-order chi connectivity index (χ1) is 13.0. The Balaban J connectivity index is 2.04. The number of nitrogens with two attached hydrogens (primary N) is 2. The number of H-pyrrole nitrogens is 1. The molecule has 0 radical (unpaired) electrons. The molecule has 2 aromatic carbocycles. The van der Waals surface area contributed by atoms with E-state index in [0.717, 1.165) is 33.7 Å². The number of nitrogens with zero attached hydrogens (tertiary/aromatic N) is 2. The van der Waals surface area contributed by atoms with Gasteiger partial charge in [-0.05, 0) is 42.3 Å². The molecule has 136 valence electrons. The highest BCUT2D eigenvalue weighted by Crippen LogP contribution is 2.30. The molecule has 2 heterocycles. The van der Waals surface area contributed by atoms with Crippen molar-refractivity contribution < 1.29 is 8.78 Å². The van der Waals surface area contributed by atoms with Crippen LogP contribution in [0.3, 0.4) is 0 Å². The summed E-state index contributed by atoms with van der Waals surface area (Å²) in [4.78, 5) is 15.8. The highest BCUT2D eigenvalue weighted by molar-refractivity contribution is 7.97. The number of hydrogen-bond acceptors (Lipinski definition) is 5. The van der Waals surface area contributed by atoms with Gasteiger partial charge in [0.1, 0.15) is 11.4 Å². The van der Waals surface area contributed by atoms with Crippen molar-refractivity contribution in [3.63, 3.8) is 0 Å². The molecule has 5 N–H and O–H groups in total. The Morgan fingerprint density at radius 3 is 2.37 bits per heavy atom. The van der Waals surface area contributed by atoms with Crippen molar-refractivity contribution in [3.8, 4) is 16.9 Å². The zero-order chi connectivity index (χ0) is 19.1. The summed E-state index contributed by atoms with van der Waals surface area (Å²) in [7, 11) is 0. The van der Waals surface area contributed by atoms with Gasteiger partial charge in [0.15, 0.2) is 11.6 Å². The van der Waals surface area contributed by atoms with Gasteiger partial charge in [0.2, 0.25) is 0 Å². The zero-order valence-corrected chi connectivity index (χ0v) is 14.6. The van der Waals surface area contributed by atoms with Crippen molar-refractivity contribution in [2.45, 2.75) is 4.90 Å². The molecule has 0 saturated carbocycles. The van der Waals surface area contributed by atoms with Gasteiger partial charge in [0.05, 0.1) is 10.9 Å². The molecule has 4 rings (SSSR count). The molecule has 6 nitrogen and oxygen atoms in total. The first-order valence-corrected chi connectivity index (χ1v) is 8.70. The standard InChI is InChI=1S/C18H13F2N5OS/c19-12-7-10(21)8-13(20)17(12)25-14-5-6-23-18(26)15(14)16(24-25)9-1-3-11(27-22)4-2-9/h1-8H,21-22H2,(H,23,26). The van der Waals surface area contributed by atoms with Gasteiger partial charge in [-0.1, -0.05) is 12.1 Å². The lowest BCUT2D eigenvalue weighted by Crippen LogP contribution is -2.07. The van der Waals surface area contributed by atoms with Crippen molar-refractivity contribution in [1.82, 2.24) is 14.8 Å². The van der Waals surface area contributed by atoms with E-state index in [2.05, 4.69) is 10.1 Å². The number of anilines is 1. The topological polar surface area (TPSA) is 103 Å². The van der Waals surface area contributed by atoms with Gasteiger partial charge in [-0.25, -0.2) is 13.5 Å². The second-order valence-electron chi connectivity index (χ2n) is 5.80. The van der Waals surface area contributed by atoms with Crippen LogP contribution in [0.5, 0.6) is 0 Å². The van der Waals surface area contributed by atoms with Crippen LogP contribution in [0.25, 0.3) is 27.8 Å². The second-order valence-corrected chi connectivity index (χ2v) is 6.51. The van der Waals surface area contributed by atoms with E-state index >= 15 is 0 Å². The van der Waals surface area contributed by atoms with Crippen molar-refractivity contribution >= 4 is 28.5 Å². The molecule has 0 spiro atoms. The number of benzene rings is 2. The molecule has 0 aliphatic rings. The van der Waals surface area contributed by atoms with Crippen molar-refractivity contribution in [3.05, 3.63) is 70.6 Å². The number of nitrogen functional groups attached to an aromatic ring is 1. The predicted octanol–water partition coefficient (Wildman–Crippen LogP) is 3.21. The molecular formula is C18H13F2N5OS. The third kappa shape index (κ3) is 2.86. The number of halogens is 2. The van der Waals surface area contributed by atoms with Crippen molar-refractivity contribution in [1.29, 1.82) is 0 Å². The molecule has 0 atom stereocenters. The highest BCUT2D eigenvalue weighted by Gasteiger charge is 2.21. The average molecular weight is 385 g/mol. The third-order valence-corrected chi connectivity index (χ3v) is 4.66. The Kier molecular flexibility index (Phi) is 4.17. The Labute approximate surface area is 155 Å². The van der Waals surface area contributed by atoms with Crippen LogP contribution in [0.15, 0.2) is 58.4 Å². The first kappa shape index (κ1) is 17.3. The van der Waals surface area contributed by atoms with Crippen LogP contribution in [0, 0.1) is 11.6 Å². The summed E-state index contributed by atoms with van der Waals surface area (Å²) in [5, 5.41) is 10.1. The number of rotatable bonds is 3.